The van der Waals surface area contributed by atoms with Crippen LogP contribution in [0.4, 0.5) is 0 Å². The number of aliphatic hydroxyl groups is 2. The van der Waals surface area contributed by atoms with E-state index in [1.807, 2.05) is 6.92 Å². The molecule has 82 valence electrons. The first-order valence-electron chi connectivity index (χ1n) is 5.61. The third-order valence-corrected chi connectivity index (χ3v) is 4.35. The summed E-state index contributed by atoms with van der Waals surface area (Å²) in [5, 5.41) is 19.9. The molecule has 14 heavy (non-hydrogen) atoms. The van der Waals surface area contributed by atoms with Crippen molar-refractivity contribution in [3.63, 3.8) is 0 Å². The fourth-order valence-corrected chi connectivity index (χ4v) is 3.00. The molecular formula is C11H21NO2. The topological polar surface area (TPSA) is 43.7 Å². The fraction of sp³-hybridized carbons (Fsp3) is 1.00. The highest BCUT2D eigenvalue weighted by atomic mass is 16.3. The van der Waals surface area contributed by atoms with Crippen molar-refractivity contribution in [1.29, 1.82) is 0 Å². The molecule has 0 amide bonds. The molecule has 1 saturated carbocycles. The third-order valence-electron chi connectivity index (χ3n) is 4.35. The summed E-state index contributed by atoms with van der Waals surface area (Å²) in [6.07, 6.45) is 3.69. The van der Waals surface area contributed by atoms with Gasteiger partial charge in [0.25, 0.3) is 0 Å². The molecule has 2 unspecified atom stereocenters. The van der Waals surface area contributed by atoms with Gasteiger partial charge in [-0.1, -0.05) is 0 Å². The molecule has 3 heteroatoms. The predicted molar refractivity (Wildman–Crippen MR) is 55.1 cm³/mol. The monoisotopic (exact) mass is 199 g/mol. The Balaban J connectivity index is 2.15. The van der Waals surface area contributed by atoms with Gasteiger partial charge >= 0.3 is 0 Å². The first-order chi connectivity index (χ1) is 6.46. The molecular weight excluding hydrogens is 178 g/mol. The Hall–Kier alpha value is -0.120. The van der Waals surface area contributed by atoms with Gasteiger partial charge in [-0.3, -0.25) is 4.90 Å². The molecule has 3 nitrogen and oxygen atoms in total. The Morgan fingerprint density at radius 3 is 2.43 bits per heavy atom. The van der Waals surface area contributed by atoms with E-state index < -0.39 is 5.60 Å². The van der Waals surface area contributed by atoms with Crippen LogP contribution in [0.2, 0.25) is 0 Å². The summed E-state index contributed by atoms with van der Waals surface area (Å²) in [7, 11) is 0. The standard InChI is InChI=1S/C11H21NO2/c1-10(5-3-6-11(10,2)14)12-7-4-9(13)8-12/h9,13-14H,3-8H2,1-2H3/t9-,10?,11?/m0/s1. The van der Waals surface area contributed by atoms with Crippen molar-refractivity contribution in [2.45, 2.75) is 56.8 Å². The van der Waals surface area contributed by atoms with Crippen LogP contribution in [0.1, 0.15) is 39.5 Å². The van der Waals surface area contributed by atoms with Gasteiger partial charge in [0.05, 0.1) is 11.7 Å². The van der Waals surface area contributed by atoms with Crippen LogP contribution >= 0.6 is 0 Å². The fourth-order valence-electron chi connectivity index (χ4n) is 3.00. The molecule has 2 fully saturated rings. The molecule has 1 aliphatic carbocycles. The summed E-state index contributed by atoms with van der Waals surface area (Å²) in [5.74, 6) is 0. The quantitative estimate of drug-likeness (QED) is 0.655. The van der Waals surface area contributed by atoms with E-state index in [-0.39, 0.29) is 11.6 Å². The summed E-state index contributed by atoms with van der Waals surface area (Å²) in [6.45, 7) is 5.73. The number of rotatable bonds is 1. The van der Waals surface area contributed by atoms with E-state index in [2.05, 4.69) is 11.8 Å². The molecule has 0 aromatic carbocycles. The molecule has 0 spiro atoms. The molecule has 3 atom stereocenters. The molecule has 2 rings (SSSR count). The summed E-state index contributed by atoms with van der Waals surface area (Å²) >= 11 is 0. The van der Waals surface area contributed by atoms with Crippen LogP contribution < -0.4 is 0 Å². The van der Waals surface area contributed by atoms with E-state index in [1.54, 1.807) is 0 Å². The molecule has 2 aliphatic rings. The first kappa shape index (κ1) is 10.4. The zero-order chi connectivity index (χ0) is 10.4. The molecule has 0 aromatic rings. The number of β-amino-alcohol motifs (C(OH)–C–C–N with tert-alkyl or cyclic N) is 1. The van der Waals surface area contributed by atoms with E-state index in [9.17, 15) is 10.2 Å². The third kappa shape index (κ3) is 1.38. The van der Waals surface area contributed by atoms with E-state index >= 15 is 0 Å². The van der Waals surface area contributed by atoms with Gasteiger partial charge in [-0.15, -0.1) is 0 Å². The van der Waals surface area contributed by atoms with Crippen LogP contribution in [0.25, 0.3) is 0 Å². The van der Waals surface area contributed by atoms with Crippen LogP contribution in [0.5, 0.6) is 0 Å². The summed E-state index contributed by atoms with van der Waals surface area (Å²) < 4.78 is 0. The van der Waals surface area contributed by atoms with Crippen LogP contribution in [0, 0.1) is 0 Å². The summed E-state index contributed by atoms with van der Waals surface area (Å²) in [4.78, 5) is 2.27. The van der Waals surface area contributed by atoms with Crippen molar-refractivity contribution in [3.05, 3.63) is 0 Å². The number of hydrogen-bond acceptors (Lipinski definition) is 3. The van der Waals surface area contributed by atoms with Crippen molar-refractivity contribution in [2.75, 3.05) is 13.1 Å². The largest absolute Gasteiger partial charge is 0.392 e. The lowest BCUT2D eigenvalue weighted by Crippen LogP contribution is -2.57. The minimum Gasteiger partial charge on any atom is -0.392 e. The number of aliphatic hydroxyl groups excluding tert-OH is 1. The number of likely N-dealkylation sites (tertiary alicyclic amines) is 1. The van der Waals surface area contributed by atoms with Crippen molar-refractivity contribution in [2.24, 2.45) is 0 Å². The Kier molecular flexibility index (Phi) is 2.37. The Morgan fingerprint density at radius 1 is 1.29 bits per heavy atom. The second-order valence-electron chi connectivity index (χ2n) is 5.29. The lowest BCUT2D eigenvalue weighted by Gasteiger charge is -2.44. The molecule has 0 bridgehead atoms. The molecule has 0 radical (unpaired) electrons. The van der Waals surface area contributed by atoms with E-state index in [0.717, 1.165) is 38.8 Å². The van der Waals surface area contributed by atoms with Gasteiger partial charge in [-0.05, 0) is 39.5 Å². The predicted octanol–water partition coefficient (Wildman–Crippen LogP) is 0.747. The average molecular weight is 199 g/mol. The minimum atomic E-state index is -0.586. The highest BCUT2D eigenvalue weighted by Crippen LogP contribution is 2.44. The average Bonchev–Trinajstić information content (AvgIpc) is 2.60. The molecule has 1 heterocycles. The highest BCUT2D eigenvalue weighted by molar-refractivity contribution is 5.07. The van der Waals surface area contributed by atoms with Gasteiger partial charge in [0, 0.05) is 18.6 Å². The number of hydrogen-bond donors (Lipinski definition) is 2. The van der Waals surface area contributed by atoms with Crippen LogP contribution in [0.3, 0.4) is 0 Å². The van der Waals surface area contributed by atoms with Crippen molar-refractivity contribution in [3.8, 4) is 0 Å². The number of nitrogens with zero attached hydrogens (tertiary/aromatic N) is 1. The second kappa shape index (κ2) is 3.19. The normalized spacial score (nSPS) is 50.1. The van der Waals surface area contributed by atoms with Gasteiger partial charge < -0.3 is 10.2 Å². The lowest BCUT2D eigenvalue weighted by atomic mass is 9.84. The van der Waals surface area contributed by atoms with E-state index in [4.69, 9.17) is 0 Å². The van der Waals surface area contributed by atoms with Crippen molar-refractivity contribution >= 4 is 0 Å². The highest BCUT2D eigenvalue weighted by Gasteiger charge is 2.52. The lowest BCUT2D eigenvalue weighted by molar-refractivity contribution is -0.0671. The molecule has 0 aromatic heterocycles. The first-order valence-corrected chi connectivity index (χ1v) is 5.61. The maximum Gasteiger partial charge on any atom is 0.0799 e. The Morgan fingerprint density at radius 2 is 2.00 bits per heavy atom. The minimum absolute atomic E-state index is 0.121. The van der Waals surface area contributed by atoms with Crippen molar-refractivity contribution in [1.82, 2.24) is 4.90 Å². The Labute approximate surface area is 85.7 Å². The van der Waals surface area contributed by atoms with Gasteiger partial charge in [0.1, 0.15) is 0 Å². The molecule has 1 saturated heterocycles. The zero-order valence-electron chi connectivity index (χ0n) is 9.16. The summed E-state index contributed by atoms with van der Waals surface area (Å²) in [6, 6.07) is 0. The van der Waals surface area contributed by atoms with Gasteiger partial charge in [-0.2, -0.15) is 0 Å². The van der Waals surface area contributed by atoms with Crippen LogP contribution in [0.15, 0.2) is 0 Å². The Bertz CT molecular complexity index is 229. The van der Waals surface area contributed by atoms with Crippen molar-refractivity contribution < 1.29 is 10.2 Å². The maximum absolute atomic E-state index is 10.3. The van der Waals surface area contributed by atoms with Gasteiger partial charge in [-0.25, -0.2) is 0 Å². The maximum atomic E-state index is 10.3. The summed E-state index contributed by atoms with van der Waals surface area (Å²) in [5.41, 5.74) is -0.707. The molecule has 2 N–H and O–H groups in total. The molecule has 1 aliphatic heterocycles. The van der Waals surface area contributed by atoms with E-state index in [0.29, 0.717) is 0 Å². The van der Waals surface area contributed by atoms with Gasteiger partial charge in [0.15, 0.2) is 0 Å². The van der Waals surface area contributed by atoms with Crippen LogP contribution in [-0.4, -0.2) is 45.4 Å². The zero-order valence-corrected chi connectivity index (χ0v) is 9.16. The smallest absolute Gasteiger partial charge is 0.0799 e. The SMILES string of the molecule is CC1(O)CCCC1(C)N1CC[C@H](O)C1. The van der Waals surface area contributed by atoms with Gasteiger partial charge in [0.2, 0.25) is 0 Å². The van der Waals surface area contributed by atoms with Crippen LogP contribution in [-0.2, 0) is 0 Å². The van der Waals surface area contributed by atoms with E-state index in [1.165, 1.54) is 0 Å². The second-order valence-corrected chi connectivity index (χ2v) is 5.29.